The summed E-state index contributed by atoms with van der Waals surface area (Å²) >= 11 is 4.60. The number of nitrogens with one attached hydrogen (secondary N) is 1. The Hall–Kier alpha value is -1.93. The summed E-state index contributed by atoms with van der Waals surface area (Å²) in [6, 6.07) is 9.59. The summed E-state index contributed by atoms with van der Waals surface area (Å²) in [5, 5.41) is 13.0. The number of halogens is 1. The fraction of sp³-hybridized carbons (Fsp3) is 0.143. The maximum atomic E-state index is 12.1. The Balaban J connectivity index is 1.95. The van der Waals surface area contributed by atoms with Crippen molar-refractivity contribution in [2.45, 2.75) is 17.1 Å². The molecule has 0 aliphatic heterocycles. The minimum atomic E-state index is -0.455. The molecular formula is C14H12BrN3O3S. The van der Waals surface area contributed by atoms with Crippen LogP contribution >= 0.6 is 27.7 Å². The van der Waals surface area contributed by atoms with Gasteiger partial charge in [-0.25, -0.2) is 4.98 Å². The zero-order chi connectivity index (χ0) is 16.1. The molecule has 1 aromatic heterocycles. The van der Waals surface area contributed by atoms with E-state index in [1.165, 1.54) is 23.9 Å². The van der Waals surface area contributed by atoms with Gasteiger partial charge in [-0.3, -0.25) is 14.9 Å². The largest absolute Gasteiger partial charge is 0.310 e. The van der Waals surface area contributed by atoms with Crippen molar-refractivity contribution < 1.29 is 9.72 Å². The maximum Gasteiger partial charge on any atom is 0.269 e. The van der Waals surface area contributed by atoms with E-state index >= 15 is 0 Å². The third-order valence-electron chi connectivity index (χ3n) is 2.71. The molecule has 0 aliphatic carbocycles. The summed E-state index contributed by atoms with van der Waals surface area (Å²) in [4.78, 5) is 27.1. The predicted octanol–water partition coefficient (Wildman–Crippen LogP) is 3.87. The number of carbonyl (C=O) groups excluding carboxylic acids is 1. The first kappa shape index (κ1) is 16.4. The van der Waals surface area contributed by atoms with Crippen molar-refractivity contribution in [2.75, 3.05) is 5.32 Å². The lowest BCUT2D eigenvalue weighted by Gasteiger charge is -2.11. The van der Waals surface area contributed by atoms with Crippen molar-refractivity contribution in [3.05, 3.63) is 57.2 Å². The van der Waals surface area contributed by atoms with Crippen LogP contribution < -0.4 is 5.32 Å². The van der Waals surface area contributed by atoms with E-state index in [0.29, 0.717) is 5.82 Å². The molecule has 8 heteroatoms. The molecule has 0 spiro atoms. The fourth-order valence-corrected chi connectivity index (χ4v) is 2.68. The van der Waals surface area contributed by atoms with E-state index in [4.69, 9.17) is 0 Å². The molecule has 0 fully saturated rings. The minimum Gasteiger partial charge on any atom is -0.310 e. The molecule has 1 amide bonds. The van der Waals surface area contributed by atoms with Crippen LogP contribution in [0.1, 0.15) is 6.92 Å². The molecule has 2 aromatic rings. The van der Waals surface area contributed by atoms with Gasteiger partial charge in [-0.05, 0) is 47.1 Å². The zero-order valence-electron chi connectivity index (χ0n) is 11.5. The van der Waals surface area contributed by atoms with E-state index in [2.05, 4.69) is 26.2 Å². The summed E-state index contributed by atoms with van der Waals surface area (Å²) < 4.78 is 0.832. The van der Waals surface area contributed by atoms with Crippen LogP contribution in [0.25, 0.3) is 0 Å². The lowest BCUT2D eigenvalue weighted by Crippen LogP contribution is -2.22. The third kappa shape index (κ3) is 4.54. The predicted molar refractivity (Wildman–Crippen MR) is 89.0 cm³/mol. The normalized spacial score (nSPS) is 11.7. The number of thioether (sulfide) groups is 1. The number of hydrogen-bond donors (Lipinski definition) is 1. The van der Waals surface area contributed by atoms with E-state index in [1.54, 1.807) is 37.4 Å². The number of anilines is 1. The average Bonchev–Trinajstić information content (AvgIpc) is 2.50. The van der Waals surface area contributed by atoms with Crippen LogP contribution in [0.2, 0.25) is 0 Å². The Morgan fingerprint density at radius 3 is 2.55 bits per heavy atom. The SMILES string of the molecule is CC(Sc1ccc([N+](=O)[O-])cc1)C(=O)Nc1ccc(Br)cn1. The van der Waals surface area contributed by atoms with Gasteiger partial charge >= 0.3 is 0 Å². The van der Waals surface area contributed by atoms with Crippen LogP contribution in [0, 0.1) is 10.1 Å². The molecule has 114 valence electrons. The minimum absolute atomic E-state index is 0.0283. The molecule has 6 nitrogen and oxygen atoms in total. The zero-order valence-corrected chi connectivity index (χ0v) is 13.9. The van der Waals surface area contributed by atoms with E-state index in [0.717, 1.165) is 9.37 Å². The number of benzene rings is 1. The summed E-state index contributed by atoms with van der Waals surface area (Å²) in [5.74, 6) is 0.294. The molecule has 2 rings (SSSR count). The molecule has 0 bridgehead atoms. The summed E-state index contributed by atoms with van der Waals surface area (Å²) in [6.45, 7) is 1.76. The molecular weight excluding hydrogens is 370 g/mol. The number of rotatable bonds is 5. The van der Waals surface area contributed by atoms with Crippen molar-refractivity contribution in [3.63, 3.8) is 0 Å². The number of carbonyl (C=O) groups is 1. The smallest absolute Gasteiger partial charge is 0.269 e. The topological polar surface area (TPSA) is 85.1 Å². The first-order valence-corrected chi connectivity index (χ1v) is 7.96. The number of amides is 1. The van der Waals surface area contributed by atoms with Gasteiger partial charge in [0.1, 0.15) is 5.82 Å². The van der Waals surface area contributed by atoms with Gasteiger partial charge in [0.05, 0.1) is 10.2 Å². The third-order valence-corrected chi connectivity index (χ3v) is 4.29. The highest BCUT2D eigenvalue weighted by Crippen LogP contribution is 2.26. The van der Waals surface area contributed by atoms with Crippen LogP contribution in [0.4, 0.5) is 11.5 Å². The van der Waals surface area contributed by atoms with Gasteiger partial charge in [-0.2, -0.15) is 0 Å². The van der Waals surface area contributed by atoms with E-state index in [-0.39, 0.29) is 16.8 Å². The maximum absolute atomic E-state index is 12.1. The highest BCUT2D eigenvalue weighted by atomic mass is 79.9. The monoisotopic (exact) mass is 381 g/mol. The van der Waals surface area contributed by atoms with Crippen LogP contribution in [0.3, 0.4) is 0 Å². The van der Waals surface area contributed by atoms with Crippen LogP contribution in [0.5, 0.6) is 0 Å². The van der Waals surface area contributed by atoms with Gasteiger partial charge in [0.2, 0.25) is 5.91 Å². The summed E-state index contributed by atoms with van der Waals surface area (Å²) in [5.41, 5.74) is 0.0283. The van der Waals surface area contributed by atoms with Gasteiger partial charge < -0.3 is 5.32 Å². The second-order valence-corrected chi connectivity index (χ2v) is 6.69. The van der Waals surface area contributed by atoms with E-state index in [9.17, 15) is 14.9 Å². The molecule has 22 heavy (non-hydrogen) atoms. The first-order valence-electron chi connectivity index (χ1n) is 6.29. The second kappa shape index (κ2) is 7.37. The van der Waals surface area contributed by atoms with Gasteiger partial charge in [-0.1, -0.05) is 0 Å². The lowest BCUT2D eigenvalue weighted by atomic mass is 10.3. The molecule has 0 aliphatic rings. The Labute approximate surface area is 139 Å². The number of nitro groups is 1. The molecule has 1 unspecified atom stereocenters. The Bertz CT molecular complexity index is 677. The lowest BCUT2D eigenvalue weighted by molar-refractivity contribution is -0.384. The molecule has 1 atom stereocenters. The number of pyridine rings is 1. The molecule has 1 N–H and O–H groups in total. The van der Waals surface area contributed by atoms with Crippen molar-refractivity contribution >= 4 is 45.1 Å². The molecule has 1 heterocycles. The van der Waals surface area contributed by atoms with Crippen LogP contribution in [-0.2, 0) is 4.79 Å². The second-order valence-electron chi connectivity index (χ2n) is 4.36. The summed E-state index contributed by atoms with van der Waals surface area (Å²) in [6.07, 6.45) is 1.60. The van der Waals surface area contributed by atoms with Crippen molar-refractivity contribution in [1.29, 1.82) is 0 Å². The standard InChI is InChI=1S/C14H12BrN3O3S/c1-9(14(19)17-13-7-2-10(15)8-16-13)22-12-5-3-11(4-6-12)18(20)21/h2-9H,1H3,(H,16,17,19). The van der Waals surface area contributed by atoms with Crippen molar-refractivity contribution in [1.82, 2.24) is 4.98 Å². The van der Waals surface area contributed by atoms with Gasteiger partial charge in [0, 0.05) is 27.7 Å². The van der Waals surface area contributed by atoms with Gasteiger partial charge in [-0.15, -0.1) is 11.8 Å². The Kier molecular flexibility index (Phi) is 5.51. The van der Waals surface area contributed by atoms with Crippen LogP contribution in [0.15, 0.2) is 52.0 Å². The number of non-ortho nitro benzene ring substituents is 1. The average molecular weight is 382 g/mol. The molecule has 1 aromatic carbocycles. The number of nitro benzene ring substituents is 1. The quantitative estimate of drug-likeness (QED) is 0.482. The van der Waals surface area contributed by atoms with Crippen LogP contribution in [-0.4, -0.2) is 21.1 Å². The van der Waals surface area contributed by atoms with Crippen molar-refractivity contribution in [2.24, 2.45) is 0 Å². The molecule has 0 radical (unpaired) electrons. The van der Waals surface area contributed by atoms with Gasteiger partial charge in [0.15, 0.2) is 0 Å². The highest BCUT2D eigenvalue weighted by Gasteiger charge is 2.15. The molecule has 0 saturated carbocycles. The Morgan fingerprint density at radius 1 is 1.32 bits per heavy atom. The van der Waals surface area contributed by atoms with E-state index < -0.39 is 4.92 Å². The number of nitrogens with zero attached hydrogens (tertiary/aromatic N) is 2. The first-order chi connectivity index (χ1) is 10.5. The summed E-state index contributed by atoms with van der Waals surface area (Å²) in [7, 11) is 0. The van der Waals surface area contributed by atoms with Gasteiger partial charge in [0.25, 0.3) is 5.69 Å². The highest BCUT2D eigenvalue weighted by molar-refractivity contribution is 9.10. The fourth-order valence-electron chi connectivity index (χ4n) is 1.58. The van der Waals surface area contributed by atoms with Crippen molar-refractivity contribution in [3.8, 4) is 0 Å². The number of aromatic nitrogens is 1. The molecule has 0 saturated heterocycles. The van der Waals surface area contributed by atoms with E-state index in [1.807, 2.05) is 0 Å². The number of hydrogen-bond acceptors (Lipinski definition) is 5. The Morgan fingerprint density at radius 2 is 2.00 bits per heavy atom.